The lowest BCUT2D eigenvalue weighted by molar-refractivity contribution is 1.30. The third-order valence-corrected chi connectivity index (χ3v) is 2.96. The van der Waals surface area contributed by atoms with Crippen LogP contribution in [0.3, 0.4) is 0 Å². The molecule has 2 aromatic heterocycles. The van der Waals surface area contributed by atoms with Crippen LogP contribution in [-0.4, -0.2) is 9.97 Å². The Morgan fingerprint density at radius 3 is 2.58 bits per heavy atom. The molecule has 2 heterocycles. The molecule has 0 atom stereocenters. The highest BCUT2D eigenvalue weighted by Gasteiger charge is 2.02. The Morgan fingerprint density at radius 2 is 1.74 bits per heavy atom. The summed E-state index contributed by atoms with van der Waals surface area (Å²) in [5, 5.41) is 1.69. The number of hydrazine groups is 1. The third-order valence-electron chi connectivity index (χ3n) is 2.73. The maximum absolute atomic E-state index is 5.96. The standard InChI is InChI=1S/C14H11ClN4/c15-10-1-2-12-13(5-8-17-14(12)9-10)19-18-11-3-6-16-7-4-11/h1-9H,(H,16,18)(H,17,19). The van der Waals surface area contributed by atoms with Gasteiger partial charge in [-0.3, -0.25) is 9.97 Å². The highest BCUT2D eigenvalue weighted by molar-refractivity contribution is 6.31. The summed E-state index contributed by atoms with van der Waals surface area (Å²) in [7, 11) is 0. The molecule has 4 nitrogen and oxygen atoms in total. The summed E-state index contributed by atoms with van der Waals surface area (Å²) >= 11 is 5.96. The van der Waals surface area contributed by atoms with Gasteiger partial charge in [0.2, 0.25) is 0 Å². The molecular weight excluding hydrogens is 260 g/mol. The molecule has 0 unspecified atom stereocenters. The van der Waals surface area contributed by atoms with E-state index in [9.17, 15) is 0 Å². The van der Waals surface area contributed by atoms with Gasteiger partial charge in [0.25, 0.3) is 0 Å². The Balaban J connectivity index is 1.89. The monoisotopic (exact) mass is 270 g/mol. The fourth-order valence-electron chi connectivity index (χ4n) is 1.80. The van der Waals surface area contributed by atoms with Crippen molar-refractivity contribution in [3.05, 3.63) is 60.0 Å². The van der Waals surface area contributed by atoms with Crippen LogP contribution in [0.1, 0.15) is 0 Å². The van der Waals surface area contributed by atoms with Crippen molar-refractivity contribution in [2.75, 3.05) is 10.9 Å². The number of fused-ring (bicyclic) bond motifs is 1. The molecule has 0 amide bonds. The maximum Gasteiger partial charge on any atom is 0.0738 e. The Labute approximate surface area is 115 Å². The van der Waals surface area contributed by atoms with Gasteiger partial charge in [0, 0.05) is 29.0 Å². The van der Waals surface area contributed by atoms with E-state index in [0.717, 1.165) is 22.3 Å². The van der Waals surface area contributed by atoms with Crippen LogP contribution >= 0.6 is 11.6 Å². The Hall–Kier alpha value is -2.33. The number of anilines is 2. The van der Waals surface area contributed by atoms with E-state index in [0.29, 0.717) is 5.02 Å². The van der Waals surface area contributed by atoms with Crippen LogP contribution in [0.15, 0.2) is 55.0 Å². The lowest BCUT2D eigenvalue weighted by Gasteiger charge is -2.11. The SMILES string of the molecule is Clc1ccc2c(NNc3ccncc3)ccnc2c1. The summed E-state index contributed by atoms with van der Waals surface area (Å²) in [6.07, 6.45) is 5.21. The minimum Gasteiger partial charge on any atom is -0.301 e. The van der Waals surface area contributed by atoms with Crippen LogP contribution in [0.2, 0.25) is 5.02 Å². The lowest BCUT2D eigenvalue weighted by atomic mass is 10.2. The highest BCUT2D eigenvalue weighted by atomic mass is 35.5. The molecule has 1 aromatic carbocycles. The van der Waals surface area contributed by atoms with Crippen molar-refractivity contribution >= 4 is 33.9 Å². The fourth-order valence-corrected chi connectivity index (χ4v) is 1.97. The van der Waals surface area contributed by atoms with Crippen molar-refractivity contribution in [1.82, 2.24) is 9.97 Å². The molecule has 3 rings (SSSR count). The second kappa shape index (κ2) is 5.12. The average molecular weight is 271 g/mol. The van der Waals surface area contributed by atoms with E-state index in [2.05, 4.69) is 20.8 Å². The molecule has 0 aliphatic heterocycles. The summed E-state index contributed by atoms with van der Waals surface area (Å²) in [4.78, 5) is 8.26. The molecule has 0 aliphatic rings. The summed E-state index contributed by atoms with van der Waals surface area (Å²) in [5.41, 5.74) is 9.02. The molecule has 2 N–H and O–H groups in total. The van der Waals surface area contributed by atoms with E-state index in [1.165, 1.54) is 0 Å². The molecule has 0 saturated carbocycles. The summed E-state index contributed by atoms with van der Waals surface area (Å²) in [6, 6.07) is 11.3. The first-order chi connectivity index (χ1) is 9.33. The third kappa shape index (κ3) is 2.58. The number of nitrogens with zero attached hydrogens (tertiary/aromatic N) is 2. The van der Waals surface area contributed by atoms with E-state index in [1.807, 2.05) is 36.4 Å². The van der Waals surface area contributed by atoms with Crippen LogP contribution in [0.25, 0.3) is 10.9 Å². The molecule has 5 heteroatoms. The van der Waals surface area contributed by atoms with Gasteiger partial charge in [0.1, 0.15) is 0 Å². The fraction of sp³-hybridized carbons (Fsp3) is 0. The van der Waals surface area contributed by atoms with Crippen molar-refractivity contribution in [3.63, 3.8) is 0 Å². The van der Waals surface area contributed by atoms with Gasteiger partial charge >= 0.3 is 0 Å². The highest BCUT2D eigenvalue weighted by Crippen LogP contribution is 2.24. The summed E-state index contributed by atoms with van der Waals surface area (Å²) < 4.78 is 0. The number of hydrogen-bond acceptors (Lipinski definition) is 4. The smallest absolute Gasteiger partial charge is 0.0738 e. The topological polar surface area (TPSA) is 49.8 Å². The Kier molecular flexibility index (Phi) is 3.16. The maximum atomic E-state index is 5.96. The largest absolute Gasteiger partial charge is 0.301 e. The minimum absolute atomic E-state index is 0.680. The lowest BCUT2D eigenvalue weighted by Crippen LogP contribution is -2.08. The van der Waals surface area contributed by atoms with E-state index in [4.69, 9.17) is 11.6 Å². The quantitative estimate of drug-likeness (QED) is 0.712. The van der Waals surface area contributed by atoms with Crippen LogP contribution in [0.5, 0.6) is 0 Å². The number of hydrogen-bond donors (Lipinski definition) is 2. The molecule has 0 saturated heterocycles. The Morgan fingerprint density at radius 1 is 0.895 bits per heavy atom. The van der Waals surface area contributed by atoms with Crippen molar-refractivity contribution in [2.45, 2.75) is 0 Å². The van der Waals surface area contributed by atoms with Crippen molar-refractivity contribution < 1.29 is 0 Å². The summed E-state index contributed by atoms with van der Waals surface area (Å²) in [5.74, 6) is 0. The molecular formula is C14H11ClN4. The molecule has 0 fully saturated rings. The van der Waals surface area contributed by atoms with Crippen LogP contribution in [0.4, 0.5) is 11.4 Å². The van der Waals surface area contributed by atoms with Gasteiger partial charge in [0.05, 0.1) is 16.9 Å². The van der Waals surface area contributed by atoms with Crippen LogP contribution < -0.4 is 10.9 Å². The van der Waals surface area contributed by atoms with Crippen molar-refractivity contribution in [2.24, 2.45) is 0 Å². The van der Waals surface area contributed by atoms with Crippen molar-refractivity contribution in [1.29, 1.82) is 0 Å². The van der Waals surface area contributed by atoms with Gasteiger partial charge in [-0.05, 0) is 36.4 Å². The normalized spacial score (nSPS) is 10.4. The average Bonchev–Trinajstić information content (AvgIpc) is 2.45. The van der Waals surface area contributed by atoms with Gasteiger partial charge in [-0.25, -0.2) is 0 Å². The summed E-state index contributed by atoms with van der Waals surface area (Å²) in [6.45, 7) is 0. The number of rotatable bonds is 3. The molecule has 0 radical (unpaired) electrons. The zero-order valence-corrected chi connectivity index (χ0v) is 10.7. The van der Waals surface area contributed by atoms with E-state index in [-0.39, 0.29) is 0 Å². The number of pyridine rings is 2. The van der Waals surface area contributed by atoms with E-state index < -0.39 is 0 Å². The Bertz CT molecular complexity index is 700. The number of nitrogens with one attached hydrogen (secondary N) is 2. The first-order valence-corrected chi connectivity index (χ1v) is 6.17. The van der Waals surface area contributed by atoms with Crippen molar-refractivity contribution in [3.8, 4) is 0 Å². The van der Waals surface area contributed by atoms with Crippen LogP contribution in [-0.2, 0) is 0 Å². The molecule has 0 aliphatic carbocycles. The second-order valence-electron chi connectivity index (χ2n) is 4.01. The van der Waals surface area contributed by atoms with Gasteiger partial charge in [-0.2, -0.15) is 0 Å². The number of aromatic nitrogens is 2. The van der Waals surface area contributed by atoms with Gasteiger partial charge in [-0.15, -0.1) is 0 Å². The zero-order valence-electron chi connectivity index (χ0n) is 9.97. The van der Waals surface area contributed by atoms with Gasteiger partial charge in [0.15, 0.2) is 0 Å². The molecule has 3 aromatic rings. The van der Waals surface area contributed by atoms with Gasteiger partial charge < -0.3 is 10.9 Å². The predicted octanol–water partition coefficient (Wildman–Crippen LogP) is 3.72. The number of benzene rings is 1. The first-order valence-electron chi connectivity index (χ1n) is 5.79. The molecule has 0 spiro atoms. The molecule has 19 heavy (non-hydrogen) atoms. The first kappa shape index (κ1) is 11.7. The minimum atomic E-state index is 0.680. The zero-order chi connectivity index (χ0) is 13.1. The van der Waals surface area contributed by atoms with Gasteiger partial charge in [-0.1, -0.05) is 11.6 Å². The number of halogens is 1. The van der Waals surface area contributed by atoms with E-state index >= 15 is 0 Å². The molecule has 94 valence electrons. The van der Waals surface area contributed by atoms with Crippen LogP contribution in [0, 0.1) is 0 Å². The molecule has 0 bridgehead atoms. The predicted molar refractivity (Wildman–Crippen MR) is 78.2 cm³/mol. The second-order valence-corrected chi connectivity index (χ2v) is 4.44. The van der Waals surface area contributed by atoms with E-state index in [1.54, 1.807) is 18.6 Å².